The highest BCUT2D eigenvalue weighted by Gasteiger charge is 2.18. The number of thiophene rings is 1. The van der Waals surface area contributed by atoms with E-state index in [0.29, 0.717) is 6.54 Å². The van der Waals surface area contributed by atoms with Crippen LogP contribution < -0.4 is 5.73 Å². The topological polar surface area (TPSA) is 59.2 Å². The van der Waals surface area contributed by atoms with Gasteiger partial charge < -0.3 is 5.73 Å². The SMILES string of the molecule is NC(=O)N(S)CCC(c1ccccn1)c1cccs1. The lowest BCUT2D eigenvalue weighted by Crippen LogP contribution is -2.29. The van der Waals surface area contributed by atoms with Crippen molar-refractivity contribution in [2.45, 2.75) is 12.3 Å². The molecule has 2 aromatic heterocycles. The van der Waals surface area contributed by atoms with Crippen molar-refractivity contribution in [1.82, 2.24) is 9.29 Å². The molecule has 0 bridgehead atoms. The minimum absolute atomic E-state index is 0.162. The number of aromatic nitrogens is 1. The van der Waals surface area contributed by atoms with Crippen LogP contribution in [0.25, 0.3) is 0 Å². The van der Waals surface area contributed by atoms with Crippen molar-refractivity contribution in [2.75, 3.05) is 6.54 Å². The summed E-state index contributed by atoms with van der Waals surface area (Å²) in [5, 5.41) is 2.04. The summed E-state index contributed by atoms with van der Waals surface area (Å²) in [5.41, 5.74) is 6.17. The first-order chi connectivity index (χ1) is 9.18. The molecule has 0 saturated carbocycles. The molecule has 1 atom stereocenters. The van der Waals surface area contributed by atoms with Crippen LogP contribution in [-0.4, -0.2) is 21.9 Å². The van der Waals surface area contributed by atoms with E-state index >= 15 is 0 Å². The molecule has 2 amide bonds. The Balaban J connectivity index is 2.14. The zero-order chi connectivity index (χ0) is 13.7. The second-order valence-electron chi connectivity index (χ2n) is 4.07. The number of nitrogens with zero attached hydrogens (tertiary/aromatic N) is 2. The summed E-state index contributed by atoms with van der Waals surface area (Å²) in [6.07, 6.45) is 2.52. The van der Waals surface area contributed by atoms with Crippen molar-refractivity contribution < 1.29 is 4.79 Å². The van der Waals surface area contributed by atoms with Gasteiger partial charge in [-0.25, -0.2) is 4.79 Å². The van der Waals surface area contributed by atoms with Gasteiger partial charge in [-0.05, 0) is 30.0 Å². The van der Waals surface area contributed by atoms with E-state index in [1.54, 1.807) is 17.5 Å². The Labute approximate surface area is 121 Å². The van der Waals surface area contributed by atoms with Crippen LogP contribution in [0.5, 0.6) is 0 Å². The average Bonchev–Trinajstić information content (AvgIpc) is 2.94. The van der Waals surface area contributed by atoms with E-state index in [2.05, 4.69) is 23.9 Å². The number of rotatable bonds is 5. The lowest BCUT2D eigenvalue weighted by Gasteiger charge is -2.18. The van der Waals surface area contributed by atoms with Gasteiger partial charge in [0, 0.05) is 29.2 Å². The van der Waals surface area contributed by atoms with E-state index in [9.17, 15) is 4.79 Å². The molecule has 0 saturated heterocycles. The molecular weight excluding hydrogens is 278 g/mol. The number of thiol groups is 1. The number of pyridine rings is 1. The Kier molecular flexibility index (Phi) is 4.81. The second kappa shape index (κ2) is 6.58. The standard InChI is InChI=1S/C13H15N3OS2/c14-13(17)16(18)8-6-10(12-5-3-9-19-12)11-4-1-2-7-15-11/h1-5,7,9-10,18H,6,8H2,(H2,14,17). The van der Waals surface area contributed by atoms with Gasteiger partial charge >= 0.3 is 6.03 Å². The molecule has 0 aromatic carbocycles. The zero-order valence-corrected chi connectivity index (χ0v) is 12.0. The van der Waals surface area contributed by atoms with Gasteiger partial charge in [-0.15, -0.1) is 11.3 Å². The largest absolute Gasteiger partial charge is 0.351 e. The van der Waals surface area contributed by atoms with Crippen LogP contribution in [-0.2, 0) is 0 Å². The van der Waals surface area contributed by atoms with Crippen LogP contribution in [0, 0.1) is 0 Å². The van der Waals surface area contributed by atoms with Crippen molar-refractivity contribution in [1.29, 1.82) is 0 Å². The Bertz CT molecular complexity index is 516. The lowest BCUT2D eigenvalue weighted by molar-refractivity contribution is 0.234. The molecular formula is C13H15N3OS2. The Morgan fingerprint density at radius 2 is 2.26 bits per heavy atom. The number of nitrogens with two attached hydrogens (primary N) is 1. The molecule has 2 N–H and O–H groups in total. The Morgan fingerprint density at radius 3 is 2.84 bits per heavy atom. The molecule has 0 fully saturated rings. The van der Waals surface area contributed by atoms with Gasteiger partial charge in [0.1, 0.15) is 0 Å². The Morgan fingerprint density at radius 1 is 1.42 bits per heavy atom. The number of primary amides is 1. The second-order valence-corrected chi connectivity index (χ2v) is 5.53. The average molecular weight is 293 g/mol. The molecule has 4 nitrogen and oxygen atoms in total. The smallest absolute Gasteiger partial charge is 0.324 e. The van der Waals surface area contributed by atoms with Crippen LogP contribution in [0.4, 0.5) is 4.79 Å². The van der Waals surface area contributed by atoms with Crippen molar-refractivity contribution in [3.63, 3.8) is 0 Å². The third kappa shape index (κ3) is 3.71. The number of amides is 2. The Hall–Kier alpha value is -1.53. The summed E-state index contributed by atoms with van der Waals surface area (Å²) >= 11 is 5.74. The van der Waals surface area contributed by atoms with E-state index in [1.807, 2.05) is 29.6 Å². The van der Waals surface area contributed by atoms with Crippen LogP contribution in [0.2, 0.25) is 0 Å². The van der Waals surface area contributed by atoms with Crippen LogP contribution in [0.15, 0.2) is 41.9 Å². The van der Waals surface area contributed by atoms with Crippen LogP contribution in [0.3, 0.4) is 0 Å². The summed E-state index contributed by atoms with van der Waals surface area (Å²) in [6.45, 7) is 0.484. The maximum atomic E-state index is 11.0. The van der Waals surface area contributed by atoms with E-state index < -0.39 is 6.03 Å². The molecule has 0 aliphatic rings. The summed E-state index contributed by atoms with van der Waals surface area (Å²) in [6, 6.07) is 9.42. The number of hydrogen-bond donors (Lipinski definition) is 2. The number of carbonyl (C=O) groups is 1. The molecule has 1 unspecified atom stereocenters. The predicted octanol–water partition coefficient (Wildman–Crippen LogP) is 2.89. The van der Waals surface area contributed by atoms with Crippen LogP contribution >= 0.6 is 24.2 Å². The maximum Gasteiger partial charge on any atom is 0.324 e. The summed E-state index contributed by atoms with van der Waals surface area (Å²) in [7, 11) is 0. The maximum absolute atomic E-state index is 11.0. The highest BCUT2D eigenvalue weighted by molar-refractivity contribution is 7.78. The number of urea groups is 1. The molecule has 2 aromatic rings. The van der Waals surface area contributed by atoms with Gasteiger partial charge in [-0.1, -0.05) is 24.9 Å². The van der Waals surface area contributed by atoms with Gasteiger partial charge in [0.05, 0.1) is 0 Å². The molecule has 2 heterocycles. The van der Waals surface area contributed by atoms with E-state index in [1.165, 1.54) is 9.18 Å². The fourth-order valence-corrected chi connectivity index (χ4v) is 2.86. The minimum Gasteiger partial charge on any atom is -0.351 e. The molecule has 100 valence electrons. The van der Waals surface area contributed by atoms with Crippen molar-refractivity contribution in [3.8, 4) is 0 Å². The molecule has 0 spiro atoms. The fourth-order valence-electron chi connectivity index (χ4n) is 1.87. The molecule has 6 heteroatoms. The summed E-state index contributed by atoms with van der Waals surface area (Å²) in [4.78, 5) is 16.6. The lowest BCUT2D eigenvalue weighted by atomic mass is 9.99. The normalized spacial score (nSPS) is 12.1. The molecule has 0 aliphatic heterocycles. The highest BCUT2D eigenvalue weighted by atomic mass is 32.1. The van der Waals surface area contributed by atoms with Gasteiger partial charge in [0.15, 0.2) is 0 Å². The number of carbonyl (C=O) groups excluding carboxylic acids is 1. The molecule has 19 heavy (non-hydrogen) atoms. The van der Waals surface area contributed by atoms with E-state index in [0.717, 1.165) is 12.1 Å². The summed E-state index contributed by atoms with van der Waals surface area (Å²) in [5.74, 6) is 0.162. The van der Waals surface area contributed by atoms with Gasteiger partial charge in [-0.3, -0.25) is 9.29 Å². The highest BCUT2D eigenvalue weighted by Crippen LogP contribution is 2.30. The number of hydrogen-bond acceptors (Lipinski definition) is 4. The van der Waals surface area contributed by atoms with Crippen molar-refractivity contribution in [3.05, 3.63) is 52.5 Å². The van der Waals surface area contributed by atoms with Gasteiger partial charge in [0.25, 0.3) is 0 Å². The first kappa shape index (κ1) is 13.9. The zero-order valence-electron chi connectivity index (χ0n) is 10.3. The monoisotopic (exact) mass is 293 g/mol. The minimum atomic E-state index is -0.533. The first-order valence-corrected chi connectivity index (χ1v) is 7.16. The van der Waals surface area contributed by atoms with Crippen molar-refractivity contribution >= 4 is 30.2 Å². The predicted molar refractivity (Wildman–Crippen MR) is 80.3 cm³/mol. The molecule has 0 radical (unpaired) electrons. The van der Waals surface area contributed by atoms with E-state index in [-0.39, 0.29) is 5.92 Å². The first-order valence-electron chi connectivity index (χ1n) is 5.88. The van der Waals surface area contributed by atoms with E-state index in [4.69, 9.17) is 5.73 Å². The van der Waals surface area contributed by atoms with Crippen molar-refractivity contribution in [2.24, 2.45) is 5.73 Å². The molecule has 0 aliphatic carbocycles. The van der Waals surface area contributed by atoms with Gasteiger partial charge in [-0.2, -0.15) is 0 Å². The molecule has 2 rings (SSSR count). The van der Waals surface area contributed by atoms with Gasteiger partial charge in [0.2, 0.25) is 0 Å². The summed E-state index contributed by atoms with van der Waals surface area (Å²) < 4.78 is 1.23. The quantitative estimate of drug-likeness (QED) is 0.833. The third-order valence-electron chi connectivity index (χ3n) is 2.82. The fraction of sp³-hybridized carbons (Fsp3) is 0.231. The third-order valence-corrected chi connectivity index (χ3v) is 4.20. The van der Waals surface area contributed by atoms with Crippen LogP contribution in [0.1, 0.15) is 22.9 Å².